The van der Waals surface area contributed by atoms with Crippen LogP contribution in [0.15, 0.2) is 76.0 Å². The van der Waals surface area contributed by atoms with Gasteiger partial charge in [-0.2, -0.15) is 4.72 Å². The van der Waals surface area contributed by atoms with Crippen molar-refractivity contribution in [1.29, 1.82) is 0 Å². The van der Waals surface area contributed by atoms with E-state index in [1.165, 1.54) is 24.8 Å². The normalized spacial score (nSPS) is 12.6. The number of fused-ring (bicyclic) bond motifs is 1. The Kier molecular flexibility index (Phi) is 8.23. The van der Waals surface area contributed by atoms with Crippen LogP contribution in [0, 0.1) is 12.8 Å². The van der Waals surface area contributed by atoms with Crippen molar-refractivity contribution in [3.63, 3.8) is 0 Å². The molecule has 38 heavy (non-hydrogen) atoms. The molecule has 1 atom stereocenters. The van der Waals surface area contributed by atoms with Gasteiger partial charge in [0, 0.05) is 10.9 Å². The molecule has 0 aliphatic rings. The van der Waals surface area contributed by atoms with Gasteiger partial charge in [-0.25, -0.2) is 8.42 Å². The third kappa shape index (κ3) is 5.76. The first-order valence-electron chi connectivity index (χ1n) is 12.6. The predicted octanol–water partition coefficient (Wildman–Crippen LogP) is 6.03. The van der Waals surface area contributed by atoms with Crippen LogP contribution in [0.3, 0.4) is 0 Å². The van der Waals surface area contributed by atoms with Crippen molar-refractivity contribution in [2.75, 3.05) is 7.11 Å². The summed E-state index contributed by atoms with van der Waals surface area (Å²) in [7, 11) is -2.66. The van der Waals surface area contributed by atoms with Gasteiger partial charge in [0.05, 0.1) is 12.0 Å². The largest absolute Gasteiger partial charge is 0.486 e. The molecule has 1 heterocycles. The lowest BCUT2D eigenvalue weighted by molar-refractivity contribution is -0.143. The second-order valence-electron chi connectivity index (χ2n) is 9.50. The Morgan fingerprint density at radius 1 is 0.974 bits per heavy atom. The Balaban J connectivity index is 1.44. The maximum atomic E-state index is 12.8. The number of hydrogen-bond acceptors (Lipinski definition) is 6. The summed E-state index contributed by atoms with van der Waals surface area (Å²) in [5.41, 5.74) is 5.00. The van der Waals surface area contributed by atoms with Crippen LogP contribution in [0.25, 0.3) is 22.1 Å². The monoisotopic (exact) mass is 535 g/mol. The number of sulfonamides is 1. The van der Waals surface area contributed by atoms with E-state index in [1.54, 1.807) is 26.0 Å². The molecule has 1 N–H and O–H groups in total. The smallest absolute Gasteiger partial charge is 0.324 e. The molecular weight excluding hydrogens is 502 g/mol. The molecule has 0 amide bonds. The zero-order chi connectivity index (χ0) is 27.4. The number of benzene rings is 3. The van der Waals surface area contributed by atoms with E-state index in [-0.39, 0.29) is 10.8 Å². The van der Waals surface area contributed by atoms with Gasteiger partial charge >= 0.3 is 5.97 Å². The molecule has 0 saturated heterocycles. The van der Waals surface area contributed by atoms with Gasteiger partial charge in [0.25, 0.3) is 0 Å². The zero-order valence-corrected chi connectivity index (χ0v) is 23.1. The van der Waals surface area contributed by atoms with E-state index in [1.807, 2.05) is 36.4 Å². The van der Waals surface area contributed by atoms with Crippen molar-refractivity contribution < 1.29 is 27.1 Å². The van der Waals surface area contributed by atoms with Gasteiger partial charge in [-0.3, -0.25) is 4.79 Å². The van der Waals surface area contributed by atoms with Crippen LogP contribution in [0.5, 0.6) is 5.75 Å². The summed E-state index contributed by atoms with van der Waals surface area (Å²) in [6.07, 6.45) is 0.939. The lowest BCUT2D eigenvalue weighted by atomic mass is 10.0. The first-order chi connectivity index (χ1) is 18.1. The minimum Gasteiger partial charge on any atom is -0.486 e. The average molecular weight is 536 g/mol. The molecule has 7 nitrogen and oxygen atoms in total. The number of furan rings is 1. The van der Waals surface area contributed by atoms with Crippen LogP contribution in [0.1, 0.15) is 37.7 Å². The first-order valence-corrected chi connectivity index (χ1v) is 14.1. The van der Waals surface area contributed by atoms with E-state index in [4.69, 9.17) is 13.9 Å². The van der Waals surface area contributed by atoms with E-state index in [0.717, 1.165) is 39.8 Å². The molecule has 0 radical (unpaired) electrons. The summed E-state index contributed by atoms with van der Waals surface area (Å²) in [5, 5.41) is 1.16. The zero-order valence-electron chi connectivity index (χ0n) is 22.3. The lowest BCUT2D eigenvalue weighted by Crippen LogP contribution is -2.44. The highest BCUT2D eigenvalue weighted by Crippen LogP contribution is 2.30. The molecule has 0 unspecified atom stereocenters. The highest BCUT2D eigenvalue weighted by molar-refractivity contribution is 7.89. The SMILES string of the molecule is CCc1cccc2oc(COc3ccc(-c4ccc(S(=O)(=O)N[C@H](C(=O)OC)C(C)C)cc4)cc3)c(C)c12. The number of rotatable bonds is 10. The minimum absolute atomic E-state index is 0.0724. The Bertz CT molecular complexity index is 1520. The second-order valence-corrected chi connectivity index (χ2v) is 11.2. The summed E-state index contributed by atoms with van der Waals surface area (Å²) < 4.78 is 44.9. The number of nitrogens with one attached hydrogen (secondary N) is 1. The Morgan fingerprint density at radius 3 is 2.18 bits per heavy atom. The lowest BCUT2D eigenvalue weighted by Gasteiger charge is -2.19. The van der Waals surface area contributed by atoms with Gasteiger partial charge in [0.15, 0.2) is 0 Å². The summed E-state index contributed by atoms with van der Waals surface area (Å²) in [6, 6.07) is 19.2. The molecule has 0 aliphatic carbocycles. The van der Waals surface area contributed by atoms with Gasteiger partial charge in [-0.05, 0) is 66.3 Å². The van der Waals surface area contributed by atoms with Crippen LogP contribution in [-0.4, -0.2) is 27.5 Å². The molecular formula is C30H33NO6S. The fraction of sp³-hybridized carbons (Fsp3) is 0.300. The van der Waals surface area contributed by atoms with Crippen LogP contribution >= 0.6 is 0 Å². The topological polar surface area (TPSA) is 94.8 Å². The fourth-order valence-corrected chi connectivity index (χ4v) is 5.74. The fourth-order valence-electron chi connectivity index (χ4n) is 4.41. The van der Waals surface area contributed by atoms with E-state index in [2.05, 4.69) is 24.6 Å². The Morgan fingerprint density at radius 2 is 1.61 bits per heavy atom. The summed E-state index contributed by atoms with van der Waals surface area (Å²) >= 11 is 0. The number of aryl methyl sites for hydroxylation is 2. The van der Waals surface area contributed by atoms with Gasteiger partial charge in [-0.1, -0.05) is 57.2 Å². The first kappa shape index (κ1) is 27.4. The molecule has 4 rings (SSSR count). The van der Waals surface area contributed by atoms with Crippen LogP contribution in [0.2, 0.25) is 0 Å². The maximum Gasteiger partial charge on any atom is 0.324 e. The van der Waals surface area contributed by atoms with Crippen LogP contribution < -0.4 is 9.46 Å². The highest BCUT2D eigenvalue weighted by Gasteiger charge is 2.29. The summed E-state index contributed by atoms with van der Waals surface area (Å²) in [5.74, 6) is 0.628. The minimum atomic E-state index is -3.90. The third-order valence-electron chi connectivity index (χ3n) is 6.65. The molecule has 1 aromatic heterocycles. The predicted molar refractivity (Wildman–Crippen MR) is 148 cm³/mol. The number of carbonyl (C=O) groups is 1. The number of methoxy groups -OCH3 is 1. The number of carbonyl (C=O) groups excluding carboxylic acids is 1. The van der Waals surface area contributed by atoms with Crippen molar-refractivity contribution in [3.8, 4) is 16.9 Å². The van der Waals surface area contributed by atoms with Crippen LogP contribution in [-0.2, 0) is 32.6 Å². The van der Waals surface area contributed by atoms with Crippen molar-refractivity contribution in [3.05, 3.63) is 83.6 Å². The van der Waals surface area contributed by atoms with E-state index in [9.17, 15) is 13.2 Å². The maximum absolute atomic E-state index is 12.8. The van der Waals surface area contributed by atoms with Gasteiger partial charge in [-0.15, -0.1) is 0 Å². The van der Waals surface area contributed by atoms with Crippen molar-refractivity contribution >= 4 is 27.0 Å². The number of hydrogen-bond donors (Lipinski definition) is 1. The Hall–Kier alpha value is -3.62. The van der Waals surface area contributed by atoms with Crippen molar-refractivity contribution in [2.45, 2.75) is 51.7 Å². The highest BCUT2D eigenvalue weighted by atomic mass is 32.2. The average Bonchev–Trinajstić information content (AvgIpc) is 3.25. The second kappa shape index (κ2) is 11.4. The molecule has 0 aliphatic heterocycles. The molecule has 0 spiro atoms. The number of ether oxygens (including phenoxy) is 2. The third-order valence-corrected chi connectivity index (χ3v) is 8.10. The van der Waals surface area contributed by atoms with E-state index < -0.39 is 22.0 Å². The van der Waals surface area contributed by atoms with Gasteiger partial charge < -0.3 is 13.9 Å². The standard InChI is InChI=1S/C30H33NO6S/c1-6-21-8-7-9-26-28(21)20(4)27(37-26)18-36-24-14-10-22(11-15-24)23-12-16-25(17-13-23)38(33,34)31-29(19(2)3)30(32)35-5/h7-17,19,29,31H,6,18H2,1-5H3/t29-/m0/s1. The number of esters is 1. The van der Waals surface area contributed by atoms with Crippen molar-refractivity contribution in [2.24, 2.45) is 5.92 Å². The van der Waals surface area contributed by atoms with Crippen molar-refractivity contribution in [1.82, 2.24) is 4.72 Å². The quantitative estimate of drug-likeness (QED) is 0.249. The molecule has 0 bridgehead atoms. The van der Waals surface area contributed by atoms with E-state index >= 15 is 0 Å². The van der Waals surface area contributed by atoms with Crippen LogP contribution in [0.4, 0.5) is 0 Å². The van der Waals surface area contributed by atoms with Gasteiger partial charge in [0.2, 0.25) is 10.0 Å². The summed E-state index contributed by atoms with van der Waals surface area (Å²) in [4.78, 5) is 12.0. The molecule has 0 saturated carbocycles. The summed E-state index contributed by atoms with van der Waals surface area (Å²) in [6.45, 7) is 8.02. The molecule has 4 aromatic rings. The molecule has 200 valence electrons. The molecule has 8 heteroatoms. The molecule has 3 aromatic carbocycles. The Labute approximate surface area is 223 Å². The van der Waals surface area contributed by atoms with Gasteiger partial charge in [0.1, 0.15) is 29.7 Å². The van der Waals surface area contributed by atoms with E-state index in [0.29, 0.717) is 12.4 Å². The molecule has 0 fully saturated rings.